The fourth-order valence-electron chi connectivity index (χ4n) is 3.18. The molecule has 0 bridgehead atoms. The summed E-state index contributed by atoms with van der Waals surface area (Å²) in [4.78, 5) is 2.46. The number of nitrogens with zero attached hydrogens (tertiary/aromatic N) is 1. The van der Waals surface area contributed by atoms with E-state index in [0.717, 1.165) is 19.2 Å². The average molecular weight is 282 g/mol. The van der Waals surface area contributed by atoms with E-state index in [1.54, 1.807) is 0 Å². The molecule has 0 aromatic heterocycles. The summed E-state index contributed by atoms with van der Waals surface area (Å²) in [5.41, 5.74) is 0.669. The van der Waals surface area contributed by atoms with Crippen LogP contribution in [0.3, 0.4) is 0 Å². The van der Waals surface area contributed by atoms with Gasteiger partial charge < -0.3 is 5.32 Å². The van der Waals surface area contributed by atoms with Gasteiger partial charge in [0, 0.05) is 17.6 Å². The maximum atomic E-state index is 13.3. The van der Waals surface area contributed by atoms with Crippen LogP contribution in [0.15, 0.2) is 18.2 Å². The van der Waals surface area contributed by atoms with E-state index in [9.17, 15) is 8.78 Å². The van der Waals surface area contributed by atoms with E-state index in [1.807, 2.05) is 7.05 Å². The van der Waals surface area contributed by atoms with E-state index < -0.39 is 11.6 Å². The second-order valence-corrected chi connectivity index (χ2v) is 6.17. The maximum Gasteiger partial charge on any atom is 0.126 e. The van der Waals surface area contributed by atoms with E-state index >= 15 is 0 Å². The summed E-state index contributed by atoms with van der Waals surface area (Å²) in [6.07, 6.45) is 3.08. The van der Waals surface area contributed by atoms with Crippen LogP contribution in [-0.2, 0) is 6.42 Å². The van der Waals surface area contributed by atoms with E-state index in [0.29, 0.717) is 12.0 Å². The van der Waals surface area contributed by atoms with Crippen LogP contribution in [-0.4, -0.2) is 36.6 Å². The molecule has 4 heteroatoms. The van der Waals surface area contributed by atoms with Crippen molar-refractivity contribution >= 4 is 0 Å². The highest BCUT2D eigenvalue weighted by Gasteiger charge is 2.35. The lowest BCUT2D eigenvalue weighted by Crippen LogP contribution is -2.57. The molecule has 1 aromatic rings. The van der Waals surface area contributed by atoms with E-state index in [2.05, 4.69) is 24.1 Å². The van der Waals surface area contributed by atoms with Crippen LogP contribution in [0.5, 0.6) is 0 Å². The number of nitrogens with one attached hydrogen (secondary N) is 1. The topological polar surface area (TPSA) is 15.3 Å². The third-order valence-electron chi connectivity index (χ3n) is 4.48. The van der Waals surface area contributed by atoms with Crippen molar-refractivity contribution in [3.8, 4) is 0 Å². The predicted octanol–water partition coefficient (Wildman–Crippen LogP) is 2.97. The van der Waals surface area contributed by atoms with E-state index in [4.69, 9.17) is 0 Å². The lowest BCUT2D eigenvalue weighted by Gasteiger charge is -2.42. The van der Waals surface area contributed by atoms with Gasteiger partial charge in [-0.25, -0.2) is 8.78 Å². The number of likely N-dealkylation sites (N-methyl/N-ethyl adjacent to an activating group) is 1. The van der Waals surface area contributed by atoms with Crippen molar-refractivity contribution in [3.63, 3.8) is 0 Å². The monoisotopic (exact) mass is 282 g/mol. The second kappa shape index (κ2) is 6.19. The number of likely N-dealkylation sites (tertiary alicyclic amines) is 1. The molecule has 0 radical (unpaired) electrons. The third kappa shape index (κ3) is 3.36. The van der Waals surface area contributed by atoms with Crippen LogP contribution in [0.2, 0.25) is 0 Å². The average Bonchev–Trinajstić information content (AvgIpc) is 2.89. The lowest BCUT2D eigenvalue weighted by molar-refractivity contribution is 0.110. The lowest BCUT2D eigenvalue weighted by atomic mass is 9.87. The summed E-state index contributed by atoms with van der Waals surface area (Å²) in [7, 11) is 1.91. The normalized spacial score (nSPS) is 18.4. The standard InChI is InChI=1S/C16H24F2N2/c1-16(2,20-6-4-5-7-20)15(19-3)10-12-8-13(17)11-14(18)9-12/h8-9,11,15,19H,4-7,10H2,1-3H3. The number of hydrogen-bond donors (Lipinski definition) is 1. The molecule has 0 aliphatic carbocycles. The molecule has 1 aliphatic heterocycles. The first-order valence-electron chi connectivity index (χ1n) is 7.31. The highest BCUT2D eigenvalue weighted by molar-refractivity contribution is 5.20. The van der Waals surface area contributed by atoms with Crippen molar-refractivity contribution in [1.82, 2.24) is 10.2 Å². The summed E-state index contributed by atoms with van der Waals surface area (Å²) in [5, 5.41) is 3.32. The Kier molecular flexibility index (Phi) is 4.76. The van der Waals surface area contributed by atoms with Crippen molar-refractivity contribution in [2.45, 2.75) is 44.7 Å². The molecule has 1 atom stereocenters. The summed E-state index contributed by atoms with van der Waals surface area (Å²) in [6.45, 7) is 6.61. The Morgan fingerprint density at radius 3 is 2.20 bits per heavy atom. The SMILES string of the molecule is CNC(Cc1cc(F)cc(F)c1)C(C)(C)N1CCCC1. The second-order valence-electron chi connectivity index (χ2n) is 6.17. The van der Waals surface area contributed by atoms with Crippen molar-refractivity contribution in [1.29, 1.82) is 0 Å². The van der Waals surface area contributed by atoms with Crippen molar-refractivity contribution in [3.05, 3.63) is 35.4 Å². The molecular formula is C16H24F2N2. The molecule has 2 nitrogen and oxygen atoms in total. The summed E-state index contributed by atoms with van der Waals surface area (Å²) in [6, 6.07) is 3.92. The highest BCUT2D eigenvalue weighted by Crippen LogP contribution is 2.26. The van der Waals surface area contributed by atoms with Gasteiger partial charge in [0.15, 0.2) is 0 Å². The van der Waals surface area contributed by atoms with Crippen molar-refractivity contribution in [2.75, 3.05) is 20.1 Å². The number of rotatable bonds is 5. The predicted molar refractivity (Wildman–Crippen MR) is 77.8 cm³/mol. The Labute approximate surface area is 120 Å². The first kappa shape index (κ1) is 15.4. The molecule has 0 saturated carbocycles. The third-order valence-corrected chi connectivity index (χ3v) is 4.48. The van der Waals surface area contributed by atoms with Gasteiger partial charge in [0.1, 0.15) is 11.6 Å². The van der Waals surface area contributed by atoms with Crippen LogP contribution in [0.25, 0.3) is 0 Å². The van der Waals surface area contributed by atoms with Gasteiger partial charge in [-0.1, -0.05) is 0 Å². The molecule has 112 valence electrons. The highest BCUT2D eigenvalue weighted by atomic mass is 19.1. The first-order valence-corrected chi connectivity index (χ1v) is 7.31. The van der Waals surface area contributed by atoms with Crippen molar-refractivity contribution < 1.29 is 8.78 Å². The van der Waals surface area contributed by atoms with Gasteiger partial charge in [-0.15, -0.1) is 0 Å². The molecule has 1 fully saturated rings. The van der Waals surface area contributed by atoms with Crippen LogP contribution in [0, 0.1) is 11.6 Å². The Hall–Kier alpha value is -1.00. The molecule has 20 heavy (non-hydrogen) atoms. The number of halogens is 2. The van der Waals surface area contributed by atoms with Gasteiger partial charge >= 0.3 is 0 Å². The van der Waals surface area contributed by atoms with Crippen LogP contribution >= 0.6 is 0 Å². The minimum absolute atomic E-state index is 0.0337. The zero-order valence-electron chi connectivity index (χ0n) is 12.5. The maximum absolute atomic E-state index is 13.3. The molecule has 1 aromatic carbocycles. The quantitative estimate of drug-likeness (QED) is 0.893. The number of benzene rings is 1. The first-order chi connectivity index (χ1) is 9.43. The molecule has 1 heterocycles. The van der Waals surface area contributed by atoms with E-state index in [1.165, 1.54) is 25.0 Å². The molecule has 2 rings (SSSR count). The Morgan fingerprint density at radius 1 is 1.15 bits per heavy atom. The molecule has 1 aliphatic rings. The largest absolute Gasteiger partial charge is 0.315 e. The molecule has 1 saturated heterocycles. The Bertz CT molecular complexity index is 434. The van der Waals surface area contributed by atoms with E-state index in [-0.39, 0.29) is 11.6 Å². The van der Waals surface area contributed by atoms with Gasteiger partial charge in [-0.05, 0) is 70.9 Å². The fourth-order valence-corrected chi connectivity index (χ4v) is 3.18. The van der Waals surface area contributed by atoms with Gasteiger partial charge in [-0.2, -0.15) is 0 Å². The number of hydrogen-bond acceptors (Lipinski definition) is 2. The summed E-state index contributed by atoms with van der Waals surface area (Å²) >= 11 is 0. The molecule has 0 spiro atoms. The molecule has 1 N–H and O–H groups in total. The zero-order valence-corrected chi connectivity index (χ0v) is 12.5. The minimum atomic E-state index is -0.506. The minimum Gasteiger partial charge on any atom is -0.315 e. The summed E-state index contributed by atoms with van der Waals surface area (Å²) < 4.78 is 26.6. The molecule has 0 amide bonds. The van der Waals surface area contributed by atoms with Crippen LogP contribution in [0.1, 0.15) is 32.3 Å². The summed E-state index contributed by atoms with van der Waals surface area (Å²) in [5.74, 6) is -1.01. The smallest absolute Gasteiger partial charge is 0.126 e. The Morgan fingerprint density at radius 2 is 1.70 bits per heavy atom. The van der Waals surface area contributed by atoms with Crippen LogP contribution in [0.4, 0.5) is 8.78 Å². The van der Waals surface area contributed by atoms with Gasteiger partial charge in [0.2, 0.25) is 0 Å². The molecular weight excluding hydrogens is 258 g/mol. The fraction of sp³-hybridized carbons (Fsp3) is 0.625. The van der Waals surface area contributed by atoms with Gasteiger partial charge in [-0.3, -0.25) is 4.90 Å². The Balaban J connectivity index is 2.15. The van der Waals surface area contributed by atoms with Gasteiger partial charge in [0.05, 0.1) is 0 Å². The van der Waals surface area contributed by atoms with Gasteiger partial charge in [0.25, 0.3) is 0 Å². The van der Waals surface area contributed by atoms with Crippen LogP contribution < -0.4 is 5.32 Å². The zero-order chi connectivity index (χ0) is 14.8. The van der Waals surface area contributed by atoms with Crippen molar-refractivity contribution in [2.24, 2.45) is 0 Å². The molecule has 1 unspecified atom stereocenters.